The molecule has 0 atom stereocenters. The lowest BCUT2D eigenvalue weighted by atomic mass is 9.79. The molecule has 0 aliphatic carbocycles. The van der Waals surface area contributed by atoms with E-state index < -0.39 is 9.24 Å². The molecule has 0 bridgehead atoms. The Bertz CT molecular complexity index is 782. The Hall–Kier alpha value is -1.33. The third-order valence-corrected chi connectivity index (χ3v) is 6.25. The SMILES string of the molecule is CC(C)NC(=O)Nc1ccc(B2OC(C)(C)C(C)(C)O2)cc1.CN(C)S(=O)(=O)Cl. The van der Waals surface area contributed by atoms with E-state index in [0.29, 0.717) is 0 Å². The molecule has 8 nitrogen and oxygen atoms in total. The molecule has 1 aromatic rings. The number of rotatable bonds is 4. The second-order valence-corrected chi connectivity index (χ2v) is 10.9. The lowest BCUT2D eigenvalue weighted by Crippen LogP contribution is -2.41. The minimum atomic E-state index is -3.44. The first-order valence-electron chi connectivity index (χ1n) is 9.20. The summed E-state index contributed by atoms with van der Waals surface area (Å²) in [7, 11) is 3.67. The van der Waals surface area contributed by atoms with Gasteiger partial charge in [-0.05, 0) is 59.1 Å². The third kappa shape index (κ3) is 7.79. The number of amides is 2. The predicted octanol–water partition coefficient (Wildman–Crippen LogP) is 2.55. The summed E-state index contributed by atoms with van der Waals surface area (Å²) in [5, 5.41) is 5.57. The van der Waals surface area contributed by atoms with Crippen LogP contribution in [0.5, 0.6) is 0 Å². The normalized spacial score (nSPS) is 17.7. The highest BCUT2D eigenvalue weighted by molar-refractivity contribution is 8.11. The second kappa shape index (κ2) is 9.66. The maximum Gasteiger partial charge on any atom is 0.494 e. The molecule has 0 saturated carbocycles. The summed E-state index contributed by atoms with van der Waals surface area (Å²) in [6.07, 6.45) is 0. The Balaban J connectivity index is 0.000000516. The second-order valence-electron chi connectivity index (χ2n) is 8.19. The standard InChI is InChI=1S/C16H25BN2O3.C2H6ClNO2S/c1-11(2)18-14(20)19-13-9-7-12(8-10-13)17-21-15(3,4)16(5,6)22-17;1-4(2)7(3,5)6/h7-11H,1-6H3,(H2,18,19,20);1-2H3. The highest BCUT2D eigenvalue weighted by Gasteiger charge is 2.51. The van der Waals surface area contributed by atoms with Crippen molar-refractivity contribution in [2.75, 3.05) is 19.4 Å². The molecule has 1 heterocycles. The van der Waals surface area contributed by atoms with Crippen molar-refractivity contribution < 1.29 is 22.5 Å². The van der Waals surface area contributed by atoms with Gasteiger partial charge in [0.1, 0.15) is 0 Å². The van der Waals surface area contributed by atoms with Gasteiger partial charge in [0, 0.05) is 36.5 Å². The monoisotopic (exact) mass is 447 g/mol. The minimum Gasteiger partial charge on any atom is -0.399 e. The molecule has 1 saturated heterocycles. The Morgan fingerprint density at radius 2 is 1.48 bits per heavy atom. The van der Waals surface area contributed by atoms with Crippen molar-refractivity contribution in [2.45, 2.75) is 58.8 Å². The van der Waals surface area contributed by atoms with Crippen LogP contribution in [0.25, 0.3) is 0 Å². The molecule has 1 fully saturated rings. The van der Waals surface area contributed by atoms with Gasteiger partial charge in [-0.2, -0.15) is 12.7 Å². The molecule has 11 heteroatoms. The number of anilines is 1. The summed E-state index contributed by atoms with van der Waals surface area (Å²) < 4.78 is 33.0. The van der Waals surface area contributed by atoms with Crippen molar-refractivity contribution in [1.29, 1.82) is 0 Å². The van der Waals surface area contributed by atoms with Crippen molar-refractivity contribution in [3.63, 3.8) is 0 Å². The summed E-state index contributed by atoms with van der Waals surface area (Å²) >= 11 is 0. The topological polar surface area (TPSA) is 97.0 Å². The fourth-order valence-electron chi connectivity index (χ4n) is 2.13. The van der Waals surface area contributed by atoms with Crippen LogP contribution in [-0.4, -0.2) is 57.2 Å². The van der Waals surface area contributed by atoms with Gasteiger partial charge in [0.25, 0.3) is 9.24 Å². The van der Waals surface area contributed by atoms with Crippen LogP contribution >= 0.6 is 10.7 Å². The van der Waals surface area contributed by atoms with Gasteiger partial charge in [0.15, 0.2) is 0 Å². The molecule has 1 aliphatic rings. The first-order chi connectivity index (χ1) is 13.0. The summed E-state index contributed by atoms with van der Waals surface area (Å²) in [5.41, 5.74) is 0.962. The van der Waals surface area contributed by atoms with E-state index in [1.807, 2.05) is 65.8 Å². The van der Waals surface area contributed by atoms with Gasteiger partial charge in [-0.1, -0.05) is 12.1 Å². The Morgan fingerprint density at radius 3 is 1.83 bits per heavy atom. The zero-order chi connectivity index (χ0) is 22.6. The summed E-state index contributed by atoms with van der Waals surface area (Å²) in [6, 6.07) is 7.41. The molecule has 0 spiro atoms. The largest absolute Gasteiger partial charge is 0.494 e. The van der Waals surface area contributed by atoms with Crippen molar-refractivity contribution >= 4 is 44.2 Å². The molecule has 29 heavy (non-hydrogen) atoms. The van der Waals surface area contributed by atoms with E-state index in [1.54, 1.807) is 0 Å². The van der Waals surface area contributed by atoms with Crippen LogP contribution in [0, 0.1) is 0 Å². The number of urea groups is 1. The Kier molecular flexibility index (Phi) is 8.56. The average molecular weight is 448 g/mol. The van der Waals surface area contributed by atoms with Gasteiger partial charge < -0.3 is 19.9 Å². The average Bonchev–Trinajstić information content (AvgIpc) is 2.75. The first kappa shape index (κ1) is 25.7. The van der Waals surface area contributed by atoms with Crippen LogP contribution in [0.4, 0.5) is 10.5 Å². The Morgan fingerprint density at radius 1 is 1.07 bits per heavy atom. The first-order valence-corrected chi connectivity index (χ1v) is 11.5. The van der Waals surface area contributed by atoms with Crippen molar-refractivity contribution in [2.24, 2.45) is 0 Å². The van der Waals surface area contributed by atoms with E-state index in [9.17, 15) is 13.2 Å². The van der Waals surface area contributed by atoms with Crippen LogP contribution in [0.15, 0.2) is 24.3 Å². The molecule has 1 aromatic carbocycles. The number of carbonyl (C=O) groups excluding carboxylic acids is 1. The van der Waals surface area contributed by atoms with E-state index in [2.05, 4.69) is 10.6 Å². The number of halogens is 1. The number of carbonyl (C=O) groups is 1. The lowest BCUT2D eigenvalue weighted by Gasteiger charge is -2.32. The van der Waals surface area contributed by atoms with E-state index in [4.69, 9.17) is 20.0 Å². The van der Waals surface area contributed by atoms with Crippen molar-refractivity contribution in [3.8, 4) is 0 Å². The molecule has 0 unspecified atom stereocenters. The van der Waals surface area contributed by atoms with Crippen molar-refractivity contribution in [1.82, 2.24) is 9.62 Å². The summed E-state index contributed by atoms with van der Waals surface area (Å²) in [4.78, 5) is 11.7. The summed E-state index contributed by atoms with van der Waals surface area (Å²) in [5.74, 6) is 0. The maximum absolute atomic E-state index is 11.7. The molecule has 164 valence electrons. The smallest absolute Gasteiger partial charge is 0.399 e. The number of benzene rings is 1. The number of nitrogens with zero attached hydrogens (tertiary/aromatic N) is 1. The number of hydrogen-bond donors (Lipinski definition) is 2. The highest BCUT2D eigenvalue weighted by atomic mass is 35.7. The van der Waals surface area contributed by atoms with E-state index in [1.165, 1.54) is 14.1 Å². The van der Waals surface area contributed by atoms with Gasteiger partial charge in [0.2, 0.25) is 0 Å². The van der Waals surface area contributed by atoms with E-state index in [0.717, 1.165) is 15.5 Å². The molecule has 1 aliphatic heterocycles. The minimum absolute atomic E-state index is 0.101. The van der Waals surface area contributed by atoms with Gasteiger partial charge >= 0.3 is 13.1 Å². The zero-order valence-electron chi connectivity index (χ0n) is 18.2. The number of hydrogen-bond acceptors (Lipinski definition) is 5. The molecular weight excluding hydrogens is 417 g/mol. The molecule has 2 rings (SSSR count). The fraction of sp³-hybridized carbons (Fsp3) is 0.611. The molecule has 0 aromatic heterocycles. The van der Waals surface area contributed by atoms with Gasteiger partial charge in [-0.25, -0.2) is 4.79 Å². The van der Waals surface area contributed by atoms with Crippen molar-refractivity contribution in [3.05, 3.63) is 24.3 Å². The van der Waals surface area contributed by atoms with Crippen LogP contribution in [0.1, 0.15) is 41.5 Å². The van der Waals surface area contributed by atoms with Gasteiger partial charge in [0.05, 0.1) is 11.2 Å². The molecule has 2 amide bonds. The van der Waals surface area contributed by atoms with Crippen LogP contribution in [-0.2, 0) is 18.5 Å². The number of nitrogens with one attached hydrogen (secondary N) is 2. The molecular formula is C18H31BClN3O5S. The van der Waals surface area contributed by atoms with Crippen LogP contribution < -0.4 is 16.1 Å². The molecule has 0 radical (unpaired) electrons. The lowest BCUT2D eigenvalue weighted by molar-refractivity contribution is 0.00578. The fourth-order valence-corrected chi connectivity index (χ4v) is 2.13. The van der Waals surface area contributed by atoms with Gasteiger partial charge in [-0.15, -0.1) is 0 Å². The highest BCUT2D eigenvalue weighted by Crippen LogP contribution is 2.36. The Labute approximate surface area is 179 Å². The van der Waals surface area contributed by atoms with Crippen LogP contribution in [0.2, 0.25) is 0 Å². The predicted molar refractivity (Wildman–Crippen MR) is 118 cm³/mol. The zero-order valence-corrected chi connectivity index (χ0v) is 19.8. The van der Waals surface area contributed by atoms with E-state index in [-0.39, 0.29) is 30.4 Å². The quantitative estimate of drug-likeness (QED) is 0.546. The third-order valence-electron chi connectivity index (χ3n) is 4.55. The van der Waals surface area contributed by atoms with Crippen LogP contribution in [0.3, 0.4) is 0 Å². The summed E-state index contributed by atoms with van der Waals surface area (Å²) in [6.45, 7) is 11.9. The maximum atomic E-state index is 11.7. The van der Waals surface area contributed by atoms with Gasteiger partial charge in [-0.3, -0.25) is 0 Å². The molecule has 2 N–H and O–H groups in total. The van der Waals surface area contributed by atoms with E-state index >= 15 is 0 Å².